The van der Waals surface area contributed by atoms with Gasteiger partial charge >= 0.3 is 0 Å². The van der Waals surface area contributed by atoms with Crippen LogP contribution in [0.5, 0.6) is 0 Å². The zero-order valence-electron chi connectivity index (χ0n) is 9.20. The molecule has 0 bridgehead atoms. The second-order valence-corrected chi connectivity index (χ2v) is 5.07. The Morgan fingerprint density at radius 3 is 2.76 bits per heavy atom. The molecule has 1 aromatic rings. The summed E-state index contributed by atoms with van der Waals surface area (Å²) in [5, 5.41) is 8.95. The van der Waals surface area contributed by atoms with E-state index in [0.29, 0.717) is 17.3 Å². The van der Waals surface area contributed by atoms with Crippen LogP contribution in [0.15, 0.2) is 22.7 Å². The van der Waals surface area contributed by atoms with Crippen LogP contribution in [-0.2, 0) is 4.79 Å². The largest absolute Gasteiger partial charge is 0.311 e. The number of hydrogen-bond donors (Lipinski definition) is 0. The van der Waals surface area contributed by atoms with Crippen LogP contribution in [0.2, 0.25) is 0 Å². The highest BCUT2D eigenvalue weighted by Gasteiger charge is 2.52. The van der Waals surface area contributed by atoms with Crippen molar-refractivity contribution in [1.82, 2.24) is 0 Å². The highest BCUT2D eigenvalue weighted by atomic mass is 79.9. The summed E-state index contributed by atoms with van der Waals surface area (Å²) in [6, 6.07) is 6.39. The summed E-state index contributed by atoms with van der Waals surface area (Å²) in [4.78, 5) is 13.3. The molecule has 1 saturated carbocycles. The first-order valence-electron chi connectivity index (χ1n) is 5.15. The Bertz CT molecular complexity index is 520. The van der Waals surface area contributed by atoms with E-state index in [1.807, 2.05) is 6.07 Å². The predicted molar refractivity (Wildman–Crippen MR) is 64.8 cm³/mol. The lowest BCUT2D eigenvalue weighted by Crippen LogP contribution is -2.34. The normalized spacial score (nSPS) is 16.1. The van der Waals surface area contributed by atoms with E-state index in [-0.39, 0.29) is 11.6 Å². The molecule has 0 atom stereocenters. The second kappa shape index (κ2) is 4.11. The van der Waals surface area contributed by atoms with Crippen molar-refractivity contribution in [1.29, 1.82) is 5.26 Å². The molecule has 1 amide bonds. The van der Waals surface area contributed by atoms with Crippen molar-refractivity contribution in [2.45, 2.75) is 12.8 Å². The van der Waals surface area contributed by atoms with Crippen molar-refractivity contribution in [3.8, 4) is 6.07 Å². The number of anilines is 1. The summed E-state index contributed by atoms with van der Waals surface area (Å²) in [6.45, 7) is 0. The number of nitriles is 1. The SMILES string of the molecule is CN(C(=O)C1(C#N)CC1)c1cc(Br)ccc1F. The third-order valence-electron chi connectivity index (χ3n) is 2.95. The highest BCUT2D eigenvalue weighted by Crippen LogP contribution is 2.47. The molecule has 5 heteroatoms. The molecule has 0 aliphatic heterocycles. The third kappa shape index (κ3) is 2.05. The fraction of sp³-hybridized carbons (Fsp3) is 0.333. The number of carbonyl (C=O) groups is 1. The molecule has 17 heavy (non-hydrogen) atoms. The van der Waals surface area contributed by atoms with E-state index in [4.69, 9.17) is 5.26 Å². The molecule has 0 unspecified atom stereocenters. The molecule has 0 spiro atoms. The van der Waals surface area contributed by atoms with E-state index in [1.165, 1.54) is 24.1 Å². The van der Waals surface area contributed by atoms with E-state index in [0.717, 1.165) is 0 Å². The number of hydrogen-bond acceptors (Lipinski definition) is 2. The number of rotatable bonds is 2. The van der Waals surface area contributed by atoms with Crippen molar-refractivity contribution in [2.24, 2.45) is 5.41 Å². The van der Waals surface area contributed by atoms with Gasteiger partial charge in [-0.3, -0.25) is 4.79 Å². The maximum Gasteiger partial charge on any atom is 0.247 e. The van der Waals surface area contributed by atoms with E-state index in [1.54, 1.807) is 6.07 Å². The van der Waals surface area contributed by atoms with E-state index in [2.05, 4.69) is 15.9 Å². The molecular formula is C12H10BrFN2O. The molecule has 0 heterocycles. The van der Waals surface area contributed by atoms with Crippen LogP contribution in [0.1, 0.15) is 12.8 Å². The zero-order chi connectivity index (χ0) is 12.6. The lowest BCUT2D eigenvalue weighted by molar-refractivity contribution is -0.121. The Balaban J connectivity index is 2.32. The predicted octanol–water partition coefficient (Wildman–Crippen LogP) is 2.85. The van der Waals surface area contributed by atoms with Gasteiger partial charge in [-0.2, -0.15) is 5.26 Å². The molecular weight excluding hydrogens is 287 g/mol. The van der Waals surface area contributed by atoms with Crippen LogP contribution in [0, 0.1) is 22.6 Å². The summed E-state index contributed by atoms with van der Waals surface area (Å²) >= 11 is 3.23. The second-order valence-electron chi connectivity index (χ2n) is 4.15. The lowest BCUT2D eigenvalue weighted by Gasteiger charge is -2.20. The van der Waals surface area contributed by atoms with E-state index < -0.39 is 11.2 Å². The minimum atomic E-state index is -0.927. The van der Waals surface area contributed by atoms with Crippen molar-refractivity contribution in [2.75, 3.05) is 11.9 Å². The maximum absolute atomic E-state index is 13.6. The van der Waals surface area contributed by atoms with Crippen LogP contribution in [0.3, 0.4) is 0 Å². The number of halogens is 2. The fourth-order valence-corrected chi connectivity index (χ4v) is 2.02. The van der Waals surface area contributed by atoms with Gasteiger partial charge in [-0.05, 0) is 31.0 Å². The Kier molecular flexibility index (Phi) is 2.92. The van der Waals surface area contributed by atoms with Gasteiger partial charge in [0.1, 0.15) is 11.2 Å². The van der Waals surface area contributed by atoms with Gasteiger partial charge < -0.3 is 4.90 Å². The van der Waals surface area contributed by atoms with Gasteiger partial charge in [0.2, 0.25) is 5.91 Å². The minimum absolute atomic E-state index is 0.186. The molecule has 0 aromatic heterocycles. The number of carbonyl (C=O) groups excluding carboxylic acids is 1. The molecule has 1 aliphatic rings. The number of amides is 1. The van der Waals surface area contributed by atoms with Gasteiger partial charge in [0.15, 0.2) is 0 Å². The summed E-state index contributed by atoms with van der Waals surface area (Å²) in [5.74, 6) is -0.810. The van der Waals surface area contributed by atoms with E-state index >= 15 is 0 Å². The van der Waals surface area contributed by atoms with Gasteiger partial charge in [0.05, 0.1) is 11.8 Å². The average Bonchev–Trinajstić information content (AvgIpc) is 3.11. The van der Waals surface area contributed by atoms with Gasteiger partial charge in [-0.15, -0.1) is 0 Å². The monoisotopic (exact) mass is 296 g/mol. The van der Waals surface area contributed by atoms with Gasteiger partial charge in [0, 0.05) is 11.5 Å². The Morgan fingerprint density at radius 1 is 1.59 bits per heavy atom. The molecule has 1 fully saturated rings. The number of nitrogens with zero attached hydrogens (tertiary/aromatic N) is 2. The standard InChI is InChI=1S/C12H10BrFN2O/c1-16(11(17)12(7-15)4-5-12)10-6-8(13)2-3-9(10)14/h2-3,6H,4-5H2,1H3. The fourth-order valence-electron chi connectivity index (χ4n) is 1.67. The van der Waals surface area contributed by atoms with Crippen LogP contribution in [0.25, 0.3) is 0 Å². The molecule has 1 aliphatic carbocycles. The van der Waals surface area contributed by atoms with Crippen molar-refractivity contribution in [3.05, 3.63) is 28.5 Å². The van der Waals surface area contributed by atoms with Crippen LogP contribution < -0.4 is 4.90 Å². The van der Waals surface area contributed by atoms with Crippen LogP contribution >= 0.6 is 15.9 Å². The molecule has 0 radical (unpaired) electrons. The van der Waals surface area contributed by atoms with Crippen LogP contribution in [-0.4, -0.2) is 13.0 Å². The quantitative estimate of drug-likeness (QED) is 0.842. The summed E-state index contributed by atoms with van der Waals surface area (Å²) in [7, 11) is 1.49. The highest BCUT2D eigenvalue weighted by molar-refractivity contribution is 9.10. The van der Waals surface area contributed by atoms with Crippen molar-refractivity contribution >= 4 is 27.5 Å². The van der Waals surface area contributed by atoms with Crippen LogP contribution in [0.4, 0.5) is 10.1 Å². The van der Waals surface area contributed by atoms with Gasteiger partial charge in [-0.1, -0.05) is 15.9 Å². The van der Waals surface area contributed by atoms with E-state index in [9.17, 15) is 9.18 Å². The first kappa shape index (κ1) is 12.1. The average molecular weight is 297 g/mol. The molecule has 88 valence electrons. The first-order valence-corrected chi connectivity index (χ1v) is 5.94. The maximum atomic E-state index is 13.6. The van der Waals surface area contributed by atoms with Gasteiger partial charge in [0.25, 0.3) is 0 Å². The number of benzene rings is 1. The van der Waals surface area contributed by atoms with Crippen molar-refractivity contribution in [3.63, 3.8) is 0 Å². The first-order chi connectivity index (χ1) is 8.00. The Hall–Kier alpha value is -1.41. The molecule has 0 saturated heterocycles. The molecule has 2 rings (SSSR count). The Morgan fingerprint density at radius 2 is 2.24 bits per heavy atom. The molecule has 3 nitrogen and oxygen atoms in total. The minimum Gasteiger partial charge on any atom is -0.311 e. The summed E-state index contributed by atoms with van der Waals surface area (Å²) in [6.07, 6.45) is 1.12. The van der Waals surface area contributed by atoms with Crippen molar-refractivity contribution < 1.29 is 9.18 Å². The lowest BCUT2D eigenvalue weighted by atomic mass is 10.1. The topological polar surface area (TPSA) is 44.1 Å². The third-order valence-corrected chi connectivity index (χ3v) is 3.44. The summed E-state index contributed by atoms with van der Waals surface area (Å²) in [5.41, 5.74) is -0.741. The van der Waals surface area contributed by atoms with Gasteiger partial charge in [-0.25, -0.2) is 4.39 Å². The molecule has 0 N–H and O–H groups in total. The summed E-state index contributed by atoms with van der Waals surface area (Å²) < 4.78 is 14.3. The molecule has 1 aromatic carbocycles. The Labute approximate surface area is 107 Å². The smallest absolute Gasteiger partial charge is 0.247 e. The zero-order valence-corrected chi connectivity index (χ0v) is 10.8.